The number of carbonyl (C=O) groups is 3. The molecule has 4 rings (SSSR count). The lowest BCUT2D eigenvalue weighted by Gasteiger charge is -2.36. The van der Waals surface area contributed by atoms with Crippen LogP contribution in [0.25, 0.3) is 0 Å². The Balaban J connectivity index is 1.37. The molecule has 0 bridgehead atoms. The summed E-state index contributed by atoms with van der Waals surface area (Å²) in [6, 6.07) is 6.89. The van der Waals surface area contributed by atoms with Gasteiger partial charge in [-0.3, -0.25) is 14.4 Å². The molecular weight excluding hydrogens is 461 g/mol. The first kappa shape index (κ1) is 23.7. The van der Waals surface area contributed by atoms with Crippen LogP contribution in [0.2, 0.25) is 0 Å². The zero-order valence-corrected chi connectivity index (χ0v) is 17.8. The predicted octanol–water partition coefficient (Wildman–Crippen LogP) is 3.32. The van der Waals surface area contributed by atoms with Crippen molar-refractivity contribution < 1.29 is 36.3 Å². The Morgan fingerprint density at radius 1 is 0.882 bits per heavy atom. The molecule has 2 heterocycles. The topological polar surface area (TPSA) is 60.9 Å². The van der Waals surface area contributed by atoms with Gasteiger partial charge in [-0.1, -0.05) is 6.07 Å². The molecule has 3 amide bonds. The van der Waals surface area contributed by atoms with E-state index in [1.165, 1.54) is 26.8 Å². The first-order valence-corrected chi connectivity index (χ1v) is 10.5. The van der Waals surface area contributed by atoms with Crippen LogP contribution in [0.3, 0.4) is 0 Å². The fraction of sp³-hybridized carbons (Fsp3) is 0.348. The molecule has 2 aliphatic heterocycles. The molecule has 0 saturated carbocycles. The van der Waals surface area contributed by atoms with Crippen molar-refractivity contribution in [3.05, 3.63) is 65.2 Å². The highest BCUT2D eigenvalue weighted by Gasteiger charge is 2.39. The monoisotopic (exact) mass is 481 g/mol. The minimum absolute atomic E-state index is 0.0239. The molecule has 11 heteroatoms. The lowest BCUT2D eigenvalue weighted by Crippen LogP contribution is -2.52. The second-order valence-electron chi connectivity index (χ2n) is 8.23. The van der Waals surface area contributed by atoms with E-state index in [1.54, 1.807) is 0 Å². The molecule has 1 unspecified atom stereocenters. The molecule has 0 aliphatic carbocycles. The number of nitrogens with zero attached hydrogens (tertiary/aromatic N) is 3. The summed E-state index contributed by atoms with van der Waals surface area (Å²) < 4.78 is 65.8. The fourth-order valence-electron chi connectivity index (χ4n) is 4.22. The fourth-order valence-corrected chi connectivity index (χ4v) is 4.22. The number of carbonyl (C=O) groups excluding carboxylic acids is 3. The lowest BCUT2D eigenvalue weighted by atomic mass is 10.1. The number of anilines is 1. The number of piperazine rings is 1. The van der Waals surface area contributed by atoms with Gasteiger partial charge in [-0.05, 0) is 30.3 Å². The van der Waals surface area contributed by atoms with E-state index < -0.39 is 41.1 Å². The van der Waals surface area contributed by atoms with Crippen molar-refractivity contribution in [2.75, 3.05) is 37.6 Å². The molecule has 1 atom stereocenters. The number of amides is 3. The summed E-state index contributed by atoms with van der Waals surface area (Å²) in [4.78, 5) is 42.0. The molecule has 2 aromatic rings. The number of rotatable bonds is 3. The first-order chi connectivity index (χ1) is 16.0. The highest BCUT2D eigenvalue weighted by atomic mass is 19.4. The zero-order valence-electron chi connectivity index (χ0n) is 17.8. The zero-order chi connectivity index (χ0) is 24.6. The molecule has 0 radical (unpaired) electrons. The summed E-state index contributed by atoms with van der Waals surface area (Å²) in [5.74, 6) is -3.68. The second kappa shape index (κ2) is 9.03. The Morgan fingerprint density at radius 2 is 1.50 bits per heavy atom. The van der Waals surface area contributed by atoms with Crippen molar-refractivity contribution in [3.8, 4) is 0 Å². The van der Waals surface area contributed by atoms with Crippen LogP contribution in [0, 0.1) is 17.6 Å². The summed E-state index contributed by atoms with van der Waals surface area (Å²) in [6.07, 6.45) is -4.67. The number of alkyl halides is 3. The molecular formula is C23H20F5N3O3. The lowest BCUT2D eigenvalue weighted by molar-refractivity contribution is -0.138. The molecule has 0 N–H and O–H groups in total. The minimum Gasteiger partial charge on any atom is -0.339 e. The third-order valence-electron chi connectivity index (χ3n) is 5.95. The highest BCUT2D eigenvalue weighted by Crippen LogP contribution is 2.30. The van der Waals surface area contributed by atoms with E-state index in [0.717, 1.165) is 24.3 Å². The van der Waals surface area contributed by atoms with Gasteiger partial charge >= 0.3 is 6.18 Å². The summed E-state index contributed by atoms with van der Waals surface area (Å²) in [5, 5.41) is 0. The van der Waals surface area contributed by atoms with E-state index in [2.05, 4.69) is 0 Å². The molecule has 0 spiro atoms. The van der Waals surface area contributed by atoms with Gasteiger partial charge in [0.15, 0.2) is 0 Å². The van der Waals surface area contributed by atoms with Gasteiger partial charge in [0.1, 0.15) is 11.6 Å². The van der Waals surface area contributed by atoms with Gasteiger partial charge in [0.2, 0.25) is 11.8 Å². The van der Waals surface area contributed by atoms with Crippen LogP contribution in [-0.2, 0) is 15.8 Å². The quantitative estimate of drug-likeness (QED) is 0.633. The summed E-state index contributed by atoms with van der Waals surface area (Å²) in [6.45, 7) is 0.538. The minimum atomic E-state index is -4.56. The third kappa shape index (κ3) is 4.87. The van der Waals surface area contributed by atoms with Gasteiger partial charge in [-0.25, -0.2) is 8.78 Å². The van der Waals surface area contributed by atoms with Crippen molar-refractivity contribution in [1.29, 1.82) is 0 Å². The molecule has 2 aliphatic rings. The van der Waals surface area contributed by atoms with Crippen LogP contribution in [0.5, 0.6) is 0 Å². The second-order valence-corrected chi connectivity index (χ2v) is 8.23. The Morgan fingerprint density at radius 3 is 2.12 bits per heavy atom. The van der Waals surface area contributed by atoms with Crippen molar-refractivity contribution in [3.63, 3.8) is 0 Å². The Labute approximate surface area is 191 Å². The Bertz CT molecular complexity index is 1110. The maximum Gasteiger partial charge on any atom is 0.416 e. The van der Waals surface area contributed by atoms with Crippen LogP contribution < -0.4 is 4.90 Å². The molecule has 180 valence electrons. The maximum atomic E-state index is 13.5. The summed E-state index contributed by atoms with van der Waals surface area (Å²) in [5.41, 5.74) is -0.968. The molecule has 2 aromatic carbocycles. The Kier molecular flexibility index (Phi) is 6.28. The normalized spacial score (nSPS) is 19.0. The third-order valence-corrected chi connectivity index (χ3v) is 5.95. The van der Waals surface area contributed by atoms with Gasteiger partial charge in [0, 0.05) is 56.5 Å². The van der Waals surface area contributed by atoms with Crippen LogP contribution in [0.4, 0.5) is 27.6 Å². The van der Waals surface area contributed by atoms with Crippen LogP contribution in [-0.4, -0.2) is 60.2 Å². The van der Waals surface area contributed by atoms with Gasteiger partial charge in [0.05, 0.1) is 11.5 Å². The van der Waals surface area contributed by atoms with E-state index in [4.69, 9.17) is 0 Å². The van der Waals surface area contributed by atoms with E-state index >= 15 is 0 Å². The predicted molar refractivity (Wildman–Crippen MR) is 111 cm³/mol. The van der Waals surface area contributed by atoms with E-state index in [1.807, 2.05) is 0 Å². The number of hydrogen-bond acceptors (Lipinski definition) is 3. The first-order valence-electron chi connectivity index (χ1n) is 10.5. The van der Waals surface area contributed by atoms with Crippen LogP contribution in [0.1, 0.15) is 22.3 Å². The van der Waals surface area contributed by atoms with E-state index in [-0.39, 0.29) is 56.3 Å². The standard InChI is InChI=1S/C23H20F5N3O3/c24-17-10-18(25)12-19(11-17)31-13-15(9-20(31)32)22(34)30-6-4-29(5-7-30)21(33)14-2-1-3-16(8-14)23(26,27)28/h1-3,8,10-12,15H,4-7,9,13H2. The van der Waals surface area contributed by atoms with Crippen LogP contribution >= 0.6 is 0 Å². The largest absolute Gasteiger partial charge is 0.416 e. The SMILES string of the molecule is O=C(c1cccc(C(F)(F)F)c1)N1CCN(C(=O)C2CC(=O)N(c3cc(F)cc(F)c3)C2)CC1. The van der Waals surface area contributed by atoms with E-state index in [0.29, 0.717) is 6.07 Å². The average Bonchev–Trinajstić information content (AvgIpc) is 3.19. The number of halogens is 5. The highest BCUT2D eigenvalue weighted by molar-refractivity contribution is 6.00. The molecule has 6 nitrogen and oxygen atoms in total. The smallest absolute Gasteiger partial charge is 0.339 e. The van der Waals surface area contributed by atoms with Crippen molar-refractivity contribution in [2.45, 2.75) is 12.6 Å². The average molecular weight is 481 g/mol. The van der Waals surface area contributed by atoms with Crippen molar-refractivity contribution >= 4 is 23.4 Å². The van der Waals surface area contributed by atoms with Crippen LogP contribution in [0.15, 0.2) is 42.5 Å². The van der Waals surface area contributed by atoms with Crippen molar-refractivity contribution in [2.24, 2.45) is 5.92 Å². The van der Waals surface area contributed by atoms with Gasteiger partial charge in [-0.15, -0.1) is 0 Å². The molecule has 34 heavy (non-hydrogen) atoms. The van der Waals surface area contributed by atoms with Crippen molar-refractivity contribution in [1.82, 2.24) is 9.80 Å². The van der Waals surface area contributed by atoms with Gasteiger partial charge < -0.3 is 14.7 Å². The maximum absolute atomic E-state index is 13.5. The summed E-state index contributed by atoms with van der Waals surface area (Å²) in [7, 11) is 0. The molecule has 2 saturated heterocycles. The van der Waals surface area contributed by atoms with Gasteiger partial charge in [-0.2, -0.15) is 13.2 Å². The number of benzene rings is 2. The number of hydrogen-bond donors (Lipinski definition) is 0. The molecule has 0 aromatic heterocycles. The Hall–Kier alpha value is -3.50. The summed E-state index contributed by atoms with van der Waals surface area (Å²) >= 11 is 0. The molecule has 2 fully saturated rings. The van der Waals surface area contributed by atoms with Gasteiger partial charge in [0.25, 0.3) is 5.91 Å². The van der Waals surface area contributed by atoms with E-state index in [9.17, 15) is 36.3 Å².